The van der Waals surface area contributed by atoms with Crippen LogP contribution in [0.3, 0.4) is 0 Å². The molecule has 167 valence electrons. The first kappa shape index (κ1) is 30.2. The van der Waals surface area contributed by atoms with Crippen molar-refractivity contribution in [3.05, 3.63) is 86.6 Å². The second-order valence-corrected chi connectivity index (χ2v) is 7.55. The molecule has 0 fully saturated rings. The van der Waals surface area contributed by atoms with Gasteiger partial charge < -0.3 is 0 Å². The molecule has 0 spiro atoms. The molecular formula is C21H18Cl6FeN3. The van der Waals surface area contributed by atoms with Crippen LogP contribution in [0.1, 0.15) is 5.56 Å². The standard InChI is InChI=1S/C13H10Cl2N2.C8H6Cl2N.2ClH.Fe/c14-11-4-1-5-12(15)13(11)17-8-6-10-3-2-7-16-9-10;1-2-11-8-6(9)4-3-5-7(8)10;;;/h1-5,7-9H,6H2;2-5H,1H2;2*1H;. The fourth-order valence-electron chi connectivity index (χ4n) is 2.11. The van der Waals surface area contributed by atoms with E-state index < -0.39 is 0 Å². The zero-order valence-corrected chi connectivity index (χ0v) is 21.6. The Morgan fingerprint density at radius 2 is 1.23 bits per heavy atom. The monoisotopic (exact) mass is 578 g/mol. The number of aliphatic imine (C=N–C) groups is 2. The van der Waals surface area contributed by atoms with Gasteiger partial charge in [0, 0.05) is 25.0 Å². The number of rotatable bonds is 5. The summed E-state index contributed by atoms with van der Waals surface area (Å²) in [5.74, 6) is 0. The molecule has 1 heterocycles. The Morgan fingerprint density at radius 3 is 1.65 bits per heavy atom. The van der Waals surface area contributed by atoms with Gasteiger partial charge in [-0.15, -0.1) is 24.8 Å². The molecule has 3 aromatic rings. The molecule has 0 atom stereocenters. The molecule has 0 amide bonds. The number of hydrogen-bond acceptors (Lipinski definition) is 3. The minimum atomic E-state index is 0. The quantitative estimate of drug-likeness (QED) is 0.219. The molecule has 0 bridgehead atoms. The van der Waals surface area contributed by atoms with Crippen LogP contribution in [0.5, 0.6) is 0 Å². The third-order valence-electron chi connectivity index (χ3n) is 3.43. The molecule has 0 saturated heterocycles. The molecule has 1 aromatic heterocycles. The Morgan fingerprint density at radius 1 is 0.742 bits per heavy atom. The Labute approximate surface area is 222 Å². The Hall–Kier alpha value is -0.811. The van der Waals surface area contributed by atoms with Gasteiger partial charge in [-0.05, 0) is 23.8 Å². The Bertz CT molecular complexity index is 944. The third kappa shape index (κ3) is 10.6. The first-order valence-electron chi connectivity index (χ1n) is 8.39. The van der Waals surface area contributed by atoms with Crippen molar-refractivity contribution in [2.24, 2.45) is 9.98 Å². The summed E-state index contributed by atoms with van der Waals surface area (Å²) in [7, 11) is 0. The third-order valence-corrected chi connectivity index (χ3v) is 4.85. The molecular weight excluding hydrogens is 563 g/mol. The molecule has 0 N–H and O–H groups in total. The first-order chi connectivity index (χ1) is 14.0. The van der Waals surface area contributed by atoms with Crippen molar-refractivity contribution in [1.29, 1.82) is 0 Å². The summed E-state index contributed by atoms with van der Waals surface area (Å²) < 4.78 is 0. The van der Waals surface area contributed by atoms with E-state index in [-0.39, 0.29) is 24.8 Å². The van der Waals surface area contributed by atoms with E-state index in [1.165, 1.54) is 0 Å². The molecule has 0 aliphatic heterocycles. The molecule has 3 rings (SSSR count). The van der Waals surface area contributed by atoms with Crippen LogP contribution >= 0.6 is 71.2 Å². The molecule has 3 nitrogen and oxygen atoms in total. The van der Waals surface area contributed by atoms with Gasteiger partial charge in [0.2, 0.25) is 0 Å². The van der Waals surface area contributed by atoms with Crippen LogP contribution in [0.4, 0.5) is 11.4 Å². The summed E-state index contributed by atoms with van der Waals surface area (Å²) in [5, 5.41) is 2.86. The average molecular weight is 581 g/mol. The van der Waals surface area contributed by atoms with Gasteiger partial charge in [0.05, 0.1) is 15.7 Å². The second kappa shape index (κ2) is 16.8. The van der Waals surface area contributed by atoms with Gasteiger partial charge in [0.1, 0.15) is 0 Å². The van der Waals surface area contributed by atoms with Crippen molar-refractivity contribution in [1.82, 2.24) is 4.98 Å². The van der Waals surface area contributed by atoms with E-state index in [0.717, 1.165) is 5.56 Å². The number of aromatic nitrogens is 1. The Kier molecular flexibility index (Phi) is 16.3. The average Bonchev–Trinajstić information content (AvgIpc) is 2.71. The van der Waals surface area contributed by atoms with Gasteiger partial charge in [-0.3, -0.25) is 9.98 Å². The van der Waals surface area contributed by atoms with Gasteiger partial charge >= 0.3 is 89.7 Å². The minimum absolute atomic E-state index is 0. The molecule has 10 heteroatoms. The van der Waals surface area contributed by atoms with Crippen LogP contribution in [-0.4, -0.2) is 17.4 Å². The van der Waals surface area contributed by atoms with E-state index >= 15 is 0 Å². The second-order valence-electron chi connectivity index (χ2n) is 5.47. The van der Waals surface area contributed by atoms with Crippen molar-refractivity contribution in [2.75, 3.05) is 0 Å². The summed E-state index contributed by atoms with van der Waals surface area (Å²) >= 11 is 27.3. The van der Waals surface area contributed by atoms with E-state index in [4.69, 9.17) is 46.4 Å². The molecule has 0 aliphatic rings. The van der Waals surface area contributed by atoms with Crippen molar-refractivity contribution in [2.45, 2.75) is 11.7 Å². The number of para-hydroxylation sites is 2. The number of pyridine rings is 1. The maximum atomic E-state index is 6.00. The van der Waals surface area contributed by atoms with Crippen LogP contribution in [0.2, 0.25) is 25.4 Å². The number of benzene rings is 2. The summed E-state index contributed by atoms with van der Waals surface area (Å²) in [5.41, 5.74) is 2.32. The maximum absolute atomic E-state index is 6.00. The molecule has 0 radical (unpaired) electrons. The zero-order chi connectivity index (χ0) is 21.1. The van der Waals surface area contributed by atoms with Crippen molar-refractivity contribution < 1.29 is 16.0 Å². The normalized spacial score (nSPS) is 10.2. The molecule has 2 aromatic carbocycles. The zero-order valence-electron chi connectivity index (χ0n) is 15.9. The van der Waals surface area contributed by atoms with Crippen LogP contribution in [-0.2, 0) is 22.4 Å². The number of halogens is 6. The van der Waals surface area contributed by atoms with Gasteiger partial charge in [0.25, 0.3) is 0 Å². The molecule has 0 aliphatic carbocycles. The molecule has 0 saturated carbocycles. The van der Waals surface area contributed by atoms with Crippen molar-refractivity contribution >= 4 is 95.0 Å². The van der Waals surface area contributed by atoms with E-state index in [1.54, 1.807) is 61.2 Å². The summed E-state index contributed by atoms with van der Waals surface area (Å²) in [6.45, 7) is 0. The summed E-state index contributed by atoms with van der Waals surface area (Å²) in [6, 6.07) is 14.5. The van der Waals surface area contributed by atoms with E-state index in [2.05, 4.69) is 31.0 Å². The SMILES string of the molecule is Cl.Cl.Clc1cccc(Cl)c1N=CCc1cccnc1.Clc1cccc(Cl)c1N=C[CH2][Fe]. The van der Waals surface area contributed by atoms with Gasteiger partial charge in [-0.25, -0.2) is 0 Å². The molecule has 0 unspecified atom stereocenters. The van der Waals surface area contributed by atoms with Crippen molar-refractivity contribution in [3.8, 4) is 0 Å². The predicted octanol–water partition coefficient (Wildman–Crippen LogP) is 8.84. The summed E-state index contributed by atoms with van der Waals surface area (Å²) in [6.07, 6.45) is 7.71. The topological polar surface area (TPSA) is 37.6 Å². The number of hydrogen-bond donors (Lipinski definition) is 0. The van der Waals surface area contributed by atoms with Crippen LogP contribution in [0.25, 0.3) is 0 Å². The number of nitrogens with zero attached hydrogens (tertiary/aromatic N) is 3. The van der Waals surface area contributed by atoms with Crippen LogP contribution < -0.4 is 0 Å². The van der Waals surface area contributed by atoms with Crippen LogP contribution in [0.15, 0.2) is 70.9 Å². The van der Waals surface area contributed by atoms with Crippen molar-refractivity contribution in [3.63, 3.8) is 0 Å². The first-order valence-corrected chi connectivity index (χ1v) is 10.7. The van der Waals surface area contributed by atoms with Crippen LogP contribution in [0, 0.1) is 0 Å². The van der Waals surface area contributed by atoms with E-state index in [9.17, 15) is 0 Å². The van der Waals surface area contributed by atoms with Gasteiger partial charge in [-0.2, -0.15) is 0 Å². The van der Waals surface area contributed by atoms with E-state index in [1.807, 2.05) is 12.1 Å². The molecule has 31 heavy (non-hydrogen) atoms. The van der Waals surface area contributed by atoms with Gasteiger partial charge in [-0.1, -0.05) is 35.3 Å². The van der Waals surface area contributed by atoms with E-state index in [0.29, 0.717) is 43.2 Å². The fourth-order valence-corrected chi connectivity index (χ4v) is 3.20. The van der Waals surface area contributed by atoms with Gasteiger partial charge in [0.15, 0.2) is 0 Å². The Balaban J connectivity index is 0.000000575. The predicted molar refractivity (Wildman–Crippen MR) is 136 cm³/mol. The summed E-state index contributed by atoms with van der Waals surface area (Å²) in [4.78, 5) is 12.4. The fraction of sp³-hybridized carbons (Fsp3) is 0.0952.